The summed E-state index contributed by atoms with van der Waals surface area (Å²) < 4.78 is 7.51. The number of hydrogen-bond donors (Lipinski definition) is 0. The quantitative estimate of drug-likeness (QED) is 0.176. The van der Waals surface area contributed by atoms with Crippen LogP contribution in [0.5, 0.6) is 0 Å². The van der Waals surface area contributed by atoms with Crippen molar-refractivity contribution in [3.8, 4) is 45.5 Å². The molecule has 0 saturated carbocycles. The van der Waals surface area contributed by atoms with E-state index in [2.05, 4.69) is 137 Å². The molecule has 0 saturated heterocycles. The zero-order valence-electron chi connectivity index (χ0n) is 30.5. The summed E-state index contributed by atoms with van der Waals surface area (Å²) in [5, 5.41) is 7.61. The molecule has 6 heteroatoms. The van der Waals surface area contributed by atoms with E-state index in [0.717, 1.165) is 33.6 Å². The van der Waals surface area contributed by atoms with Crippen molar-refractivity contribution in [2.75, 3.05) is 0 Å². The Kier molecular flexibility index (Phi) is 7.03. The molecule has 0 fully saturated rings. The van der Waals surface area contributed by atoms with Crippen molar-refractivity contribution in [2.45, 2.75) is 0 Å². The van der Waals surface area contributed by atoms with Crippen LogP contribution in [-0.2, 0) is 0 Å². The zero-order chi connectivity index (χ0) is 37.5. The summed E-state index contributed by atoms with van der Waals surface area (Å²) in [7, 11) is 0. The summed E-state index contributed by atoms with van der Waals surface area (Å²) in [5.41, 5.74) is 9.85. The van der Waals surface area contributed by atoms with E-state index in [1.54, 1.807) is 0 Å². The van der Waals surface area contributed by atoms with E-state index in [1.165, 1.54) is 58.3 Å². The van der Waals surface area contributed by atoms with E-state index < -0.39 is 0 Å². The van der Waals surface area contributed by atoms with Crippen LogP contribution >= 0.6 is 11.3 Å². The Morgan fingerprint density at radius 2 is 0.772 bits per heavy atom. The van der Waals surface area contributed by atoms with Gasteiger partial charge in [0.15, 0.2) is 17.5 Å². The lowest BCUT2D eigenvalue weighted by Crippen LogP contribution is -2.00. The molecule has 0 aliphatic heterocycles. The average molecular weight is 746 g/mol. The Morgan fingerprint density at radius 1 is 0.333 bits per heavy atom. The second kappa shape index (κ2) is 12.6. The summed E-state index contributed by atoms with van der Waals surface area (Å²) in [6.45, 7) is 0. The molecular weight excluding hydrogens is 715 g/mol. The Balaban J connectivity index is 1.16. The first kappa shape index (κ1) is 31.9. The Hall–Kier alpha value is -7.41. The highest BCUT2D eigenvalue weighted by molar-refractivity contribution is 7.27. The van der Waals surface area contributed by atoms with Crippen molar-refractivity contribution in [1.82, 2.24) is 24.1 Å². The molecule has 4 heterocycles. The predicted molar refractivity (Wildman–Crippen MR) is 238 cm³/mol. The fraction of sp³-hybridized carbons (Fsp3) is 0. The molecule has 12 rings (SSSR count). The minimum atomic E-state index is 0.637. The Morgan fingerprint density at radius 3 is 1.37 bits per heavy atom. The van der Waals surface area contributed by atoms with Gasteiger partial charge in [0.25, 0.3) is 0 Å². The molecule has 8 aromatic carbocycles. The number of rotatable bonds is 5. The summed E-state index contributed by atoms with van der Waals surface area (Å²) in [6.07, 6.45) is 0. The second-order valence-electron chi connectivity index (χ2n) is 14.4. The van der Waals surface area contributed by atoms with Crippen LogP contribution in [0.4, 0.5) is 0 Å². The third-order valence-corrected chi connectivity index (χ3v) is 12.3. The summed E-state index contributed by atoms with van der Waals surface area (Å²) in [4.78, 5) is 15.0. The smallest absolute Gasteiger partial charge is 0.164 e. The zero-order valence-corrected chi connectivity index (χ0v) is 31.4. The summed E-state index contributed by atoms with van der Waals surface area (Å²) in [6, 6.07) is 66.4. The van der Waals surface area contributed by atoms with Crippen molar-refractivity contribution >= 4 is 75.1 Å². The SMILES string of the molecule is c1ccc(-c2nc(-c3ccccc3)nc(-c3ccc(-n4c5ccccc5c5c4c4sc6ccccc6c4c4c6ccccc6n(-c6ccccc6)c45)cc3)n2)cc1. The Labute approximate surface area is 331 Å². The van der Waals surface area contributed by atoms with Gasteiger partial charge < -0.3 is 9.13 Å². The topological polar surface area (TPSA) is 48.5 Å². The lowest BCUT2D eigenvalue weighted by molar-refractivity contribution is 1.07. The predicted octanol–water partition coefficient (Wildman–Crippen LogP) is 13.4. The molecule has 0 aliphatic rings. The van der Waals surface area contributed by atoms with Gasteiger partial charge in [-0.25, -0.2) is 15.0 Å². The van der Waals surface area contributed by atoms with Crippen molar-refractivity contribution < 1.29 is 0 Å². The molecular formula is C51H31N5S. The summed E-state index contributed by atoms with van der Waals surface area (Å²) >= 11 is 1.89. The minimum Gasteiger partial charge on any atom is -0.309 e. The van der Waals surface area contributed by atoms with Gasteiger partial charge >= 0.3 is 0 Å². The third-order valence-electron chi connectivity index (χ3n) is 11.1. The van der Waals surface area contributed by atoms with E-state index in [0.29, 0.717) is 17.5 Å². The third kappa shape index (κ3) is 4.84. The molecule has 5 nitrogen and oxygen atoms in total. The van der Waals surface area contributed by atoms with Gasteiger partial charge in [0.2, 0.25) is 0 Å². The number of hydrogen-bond acceptors (Lipinski definition) is 4. The van der Waals surface area contributed by atoms with Crippen LogP contribution in [0.2, 0.25) is 0 Å². The van der Waals surface area contributed by atoms with E-state index in [9.17, 15) is 0 Å². The number of thiophene rings is 1. The van der Waals surface area contributed by atoms with Crippen LogP contribution < -0.4 is 0 Å². The molecule has 0 atom stereocenters. The molecule has 0 radical (unpaired) electrons. The highest BCUT2D eigenvalue weighted by Crippen LogP contribution is 2.51. The van der Waals surface area contributed by atoms with Gasteiger partial charge in [-0.2, -0.15) is 0 Å². The lowest BCUT2D eigenvalue weighted by atomic mass is 10.0. The molecule has 0 unspecified atom stereocenters. The van der Waals surface area contributed by atoms with Gasteiger partial charge in [-0.15, -0.1) is 11.3 Å². The van der Waals surface area contributed by atoms with Gasteiger partial charge in [0, 0.05) is 65.1 Å². The lowest BCUT2D eigenvalue weighted by Gasteiger charge is -2.12. The van der Waals surface area contributed by atoms with E-state index >= 15 is 0 Å². The first-order valence-electron chi connectivity index (χ1n) is 19.1. The van der Waals surface area contributed by atoms with Crippen LogP contribution in [0.25, 0.3) is 109 Å². The minimum absolute atomic E-state index is 0.637. The highest BCUT2D eigenvalue weighted by Gasteiger charge is 2.26. The standard InChI is InChI=1S/C51H31N5S/c1-4-16-32(17-5-1)49-52-50(33-18-6-2-7-19-33)54-51(53-49)34-28-30-36(31-29-34)56-41-26-14-11-23-38(41)45-46-43(44-39-24-12-15-27-42(39)57-48(44)47(45)56)37-22-10-13-25-40(37)55(46)35-20-8-3-9-21-35/h1-31H. The fourth-order valence-corrected chi connectivity index (χ4v) is 9.95. The monoisotopic (exact) mass is 745 g/mol. The van der Waals surface area contributed by atoms with Gasteiger partial charge in [-0.1, -0.05) is 133 Å². The molecule has 0 spiro atoms. The molecule has 4 aromatic heterocycles. The maximum atomic E-state index is 5.02. The number of nitrogens with zero attached hydrogens (tertiary/aromatic N) is 5. The van der Waals surface area contributed by atoms with Crippen LogP contribution in [-0.4, -0.2) is 24.1 Å². The number of benzene rings is 8. The largest absolute Gasteiger partial charge is 0.309 e. The van der Waals surface area contributed by atoms with Crippen molar-refractivity contribution in [2.24, 2.45) is 0 Å². The van der Waals surface area contributed by atoms with E-state index in [-0.39, 0.29) is 0 Å². The van der Waals surface area contributed by atoms with Gasteiger partial charge in [0.1, 0.15) is 0 Å². The maximum Gasteiger partial charge on any atom is 0.164 e. The number of aromatic nitrogens is 5. The van der Waals surface area contributed by atoms with E-state index in [1.807, 2.05) is 72.0 Å². The molecule has 0 amide bonds. The second-order valence-corrected chi connectivity index (χ2v) is 15.4. The van der Waals surface area contributed by atoms with Crippen molar-refractivity contribution in [3.63, 3.8) is 0 Å². The molecule has 0 bridgehead atoms. The van der Waals surface area contributed by atoms with Crippen LogP contribution in [0, 0.1) is 0 Å². The highest BCUT2D eigenvalue weighted by atomic mass is 32.1. The maximum absolute atomic E-state index is 5.02. The van der Waals surface area contributed by atoms with Crippen LogP contribution in [0.15, 0.2) is 188 Å². The first-order chi connectivity index (χ1) is 28.3. The summed E-state index contributed by atoms with van der Waals surface area (Å²) in [5.74, 6) is 1.93. The Bertz CT molecular complexity index is 3430. The van der Waals surface area contributed by atoms with Gasteiger partial charge in [-0.05, 0) is 54.6 Å². The number of para-hydroxylation sites is 3. The first-order valence-corrected chi connectivity index (χ1v) is 19.9. The van der Waals surface area contributed by atoms with Crippen LogP contribution in [0.3, 0.4) is 0 Å². The molecule has 0 aliphatic carbocycles. The van der Waals surface area contributed by atoms with E-state index in [4.69, 9.17) is 15.0 Å². The van der Waals surface area contributed by atoms with Gasteiger partial charge in [0.05, 0.1) is 26.8 Å². The number of fused-ring (bicyclic) bond motifs is 12. The molecule has 12 aromatic rings. The molecule has 266 valence electrons. The van der Waals surface area contributed by atoms with Crippen LogP contribution in [0.1, 0.15) is 0 Å². The van der Waals surface area contributed by atoms with Crippen molar-refractivity contribution in [3.05, 3.63) is 188 Å². The fourth-order valence-electron chi connectivity index (χ4n) is 8.70. The molecule has 57 heavy (non-hydrogen) atoms. The molecule has 0 N–H and O–H groups in total. The van der Waals surface area contributed by atoms with Crippen molar-refractivity contribution in [1.29, 1.82) is 0 Å². The normalized spacial score (nSPS) is 11.9. The van der Waals surface area contributed by atoms with Gasteiger partial charge in [-0.3, -0.25) is 0 Å². The average Bonchev–Trinajstić information content (AvgIpc) is 3.95.